The molecule has 41 heavy (non-hydrogen) atoms. The molecule has 4 aliphatic carbocycles. The second-order valence-corrected chi connectivity index (χ2v) is 33.7. The maximum atomic E-state index is 7.93. The van der Waals surface area contributed by atoms with Crippen LogP contribution in [0.4, 0.5) is 0 Å². The van der Waals surface area contributed by atoms with Crippen LogP contribution >= 0.6 is 0 Å². The summed E-state index contributed by atoms with van der Waals surface area (Å²) in [6, 6.07) is 0. The average Bonchev–Trinajstić information content (AvgIpc) is 3.07. The molecule has 0 saturated heterocycles. The van der Waals surface area contributed by atoms with Crippen LogP contribution in [0.3, 0.4) is 0 Å². The van der Waals surface area contributed by atoms with Crippen molar-refractivity contribution in [2.75, 3.05) is 0 Å². The highest BCUT2D eigenvalue weighted by molar-refractivity contribution is 6.75. The van der Waals surface area contributed by atoms with E-state index in [1.54, 1.807) is 5.57 Å². The number of hydrogen-bond donors (Lipinski definition) is 0. The van der Waals surface area contributed by atoms with Crippen molar-refractivity contribution in [3.8, 4) is 0 Å². The lowest BCUT2D eigenvalue weighted by molar-refractivity contribution is -0.0846. The summed E-state index contributed by atoms with van der Waals surface area (Å²) in [4.78, 5) is 0. The first-order valence-corrected chi connectivity index (χ1v) is 25.4. The number of rotatable bonds is 6. The fourth-order valence-corrected chi connectivity index (χ4v) is 11.7. The second-order valence-electron chi connectivity index (χ2n) is 19.5. The average molecular weight is 619 g/mol. The van der Waals surface area contributed by atoms with Gasteiger partial charge in [0.05, 0.1) is 11.7 Å². The molecule has 3 fully saturated rings. The van der Waals surface area contributed by atoms with Crippen LogP contribution in [0.1, 0.15) is 102 Å². The molecular weight excluding hydrogens is 553 g/mol. The number of hydrogen-bond acceptors (Lipinski definition) is 3. The number of allylic oxidation sites excluding steroid dienone is 2. The van der Waals surface area contributed by atoms with E-state index < -0.39 is 25.0 Å². The summed E-state index contributed by atoms with van der Waals surface area (Å²) >= 11 is 0. The van der Waals surface area contributed by atoms with Crippen LogP contribution in [-0.4, -0.2) is 36.7 Å². The molecular formula is C35H66O3Si3. The van der Waals surface area contributed by atoms with E-state index in [0.717, 1.165) is 12.8 Å². The summed E-state index contributed by atoms with van der Waals surface area (Å²) in [5.74, 6) is 3.16. The van der Waals surface area contributed by atoms with Gasteiger partial charge >= 0.3 is 0 Å². The lowest BCUT2D eigenvalue weighted by atomic mass is 9.60. The first-order valence-electron chi connectivity index (χ1n) is 16.6. The van der Waals surface area contributed by atoms with Crippen LogP contribution in [0.5, 0.6) is 0 Å². The van der Waals surface area contributed by atoms with E-state index in [1.165, 1.54) is 18.6 Å². The van der Waals surface area contributed by atoms with E-state index in [9.17, 15) is 0 Å². The van der Waals surface area contributed by atoms with Crippen LogP contribution in [0.15, 0.2) is 23.5 Å². The molecule has 0 amide bonds. The van der Waals surface area contributed by atoms with Crippen molar-refractivity contribution in [2.24, 2.45) is 29.1 Å². The van der Waals surface area contributed by atoms with Crippen LogP contribution < -0.4 is 0 Å². The Morgan fingerprint density at radius 2 is 1.29 bits per heavy atom. The van der Waals surface area contributed by atoms with Gasteiger partial charge < -0.3 is 13.3 Å². The van der Waals surface area contributed by atoms with Crippen LogP contribution in [0.25, 0.3) is 0 Å². The zero-order valence-corrected chi connectivity index (χ0v) is 33.1. The summed E-state index contributed by atoms with van der Waals surface area (Å²) in [5.41, 5.74) is 1.56. The van der Waals surface area contributed by atoms with Gasteiger partial charge in [-0.25, -0.2) is 0 Å². The lowest BCUT2D eigenvalue weighted by Gasteiger charge is -2.53. The van der Waals surface area contributed by atoms with Crippen molar-refractivity contribution in [3.63, 3.8) is 0 Å². The van der Waals surface area contributed by atoms with Crippen molar-refractivity contribution in [3.05, 3.63) is 23.5 Å². The standard InChI is InChI=1S/C35H66O3Si3/c1-31(2,3)39(12,13)36-29-20-18-19-26-25(29)22-27-30(37-40(14,15)32(4,5)6)28-21-24(34(27,10)11)23-35(26,28)38-41(16,17)33(7,8)9/h18,20,24,26-28,30H,19,21-23H2,1-17H3/t24-,26-,27+,28-,30+,35-/m0/s1. The van der Waals surface area contributed by atoms with Gasteiger partial charge in [0.1, 0.15) is 5.76 Å². The quantitative estimate of drug-likeness (QED) is 0.277. The molecule has 3 nitrogen and oxygen atoms in total. The van der Waals surface area contributed by atoms with Crippen LogP contribution in [-0.2, 0) is 13.3 Å². The molecule has 0 unspecified atom stereocenters. The van der Waals surface area contributed by atoms with Gasteiger partial charge in [-0.2, -0.15) is 0 Å². The first kappa shape index (κ1) is 33.7. The van der Waals surface area contributed by atoms with E-state index in [2.05, 4.69) is 128 Å². The molecule has 236 valence electrons. The SMILES string of the molecule is CC1(C)[C@H]2C[C@H]3[C@H](O[Si](C)(C)C(C)(C)C)[C@H]1CC1=C(O[Si](C)(C)C(C)(C)C)C=CC[C@@H]1[C@@]3(O[Si](C)(C)C(C)(C)C)C2. The topological polar surface area (TPSA) is 27.7 Å². The molecule has 6 heteroatoms. The molecule has 0 aromatic heterocycles. The summed E-state index contributed by atoms with van der Waals surface area (Å²) < 4.78 is 22.8. The van der Waals surface area contributed by atoms with Gasteiger partial charge in [-0.1, -0.05) is 82.2 Å². The summed E-state index contributed by atoms with van der Waals surface area (Å²) in [7, 11) is -6.11. The molecule has 0 N–H and O–H groups in total. The van der Waals surface area contributed by atoms with E-state index in [0.29, 0.717) is 23.7 Å². The Labute approximate surface area is 258 Å². The largest absolute Gasteiger partial charge is 0.544 e. The molecule has 3 saturated carbocycles. The minimum absolute atomic E-state index is 0.157. The van der Waals surface area contributed by atoms with Gasteiger partial charge in [0.15, 0.2) is 16.6 Å². The van der Waals surface area contributed by atoms with E-state index in [-0.39, 0.29) is 32.2 Å². The maximum absolute atomic E-state index is 7.93. The zero-order valence-electron chi connectivity index (χ0n) is 30.1. The Morgan fingerprint density at radius 1 is 0.756 bits per heavy atom. The van der Waals surface area contributed by atoms with Crippen molar-refractivity contribution in [1.82, 2.24) is 0 Å². The molecule has 0 aromatic rings. The predicted octanol–water partition coefficient (Wildman–Crippen LogP) is 11.1. The van der Waals surface area contributed by atoms with Crippen molar-refractivity contribution >= 4 is 25.0 Å². The Balaban J connectivity index is 1.96. The van der Waals surface area contributed by atoms with Crippen molar-refractivity contribution < 1.29 is 13.3 Å². The minimum atomic E-state index is -2.09. The summed E-state index contributed by atoms with van der Waals surface area (Å²) in [6.07, 6.45) is 9.56. The fraction of sp³-hybridized carbons (Fsp3) is 0.886. The first-order chi connectivity index (χ1) is 18.2. The minimum Gasteiger partial charge on any atom is -0.544 e. The van der Waals surface area contributed by atoms with Gasteiger partial charge in [0.2, 0.25) is 8.32 Å². The van der Waals surface area contributed by atoms with E-state index in [4.69, 9.17) is 13.3 Å². The summed E-state index contributed by atoms with van der Waals surface area (Å²) in [5, 5.41) is 0.495. The molecule has 0 radical (unpaired) electrons. The molecule has 0 aliphatic heterocycles. The third kappa shape index (κ3) is 5.50. The Kier molecular flexibility index (Phi) is 8.17. The molecule has 6 atom stereocenters. The van der Waals surface area contributed by atoms with Gasteiger partial charge in [0, 0.05) is 11.8 Å². The highest BCUT2D eigenvalue weighted by atomic mass is 28.4. The van der Waals surface area contributed by atoms with Gasteiger partial charge in [-0.3, -0.25) is 0 Å². The third-order valence-electron chi connectivity index (χ3n) is 13.6. The lowest BCUT2D eigenvalue weighted by Crippen LogP contribution is -2.59. The van der Waals surface area contributed by atoms with Crippen LogP contribution in [0, 0.1) is 29.1 Å². The van der Waals surface area contributed by atoms with Gasteiger partial charge in [-0.05, 0) is 109 Å². The number of fused-ring (bicyclic) bond motifs is 4. The molecule has 4 aliphatic rings. The van der Waals surface area contributed by atoms with E-state index in [1.807, 2.05) is 0 Å². The monoisotopic (exact) mass is 618 g/mol. The maximum Gasteiger partial charge on any atom is 0.250 e. The predicted molar refractivity (Wildman–Crippen MR) is 184 cm³/mol. The zero-order chi connectivity index (χ0) is 31.4. The molecule has 0 heterocycles. The highest BCUT2D eigenvalue weighted by Gasteiger charge is 2.70. The Morgan fingerprint density at radius 3 is 1.80 bits per heavy atom. The fourth-order valence-electron chi connectivity index (χ4n) is 7.62. The third-order valence-corrected chi connectivity index (χ3v) is 26.9. The van der Waals surface area contributed by atoms with Crippen LogP contribution in [0.2, 0.25) is 54.4 Å². The van der Waals surface area contributed by atoms with E-state index >= 15 is 0 Å². The Hall–Kier alpha value is -0.149. The van der Waals surface area contributed by atoms with Crippen molar-refractivity contribution in [2.45, 2.75) is 168 Å². The molecule has 0 spiro atoms. The summed E-state index contributed by atoms with van der Waals surface area (Å²) in [6.45, 7) is 41.3. The molecule has 4 rings (SSSR count). The Bertz CT molecular complexity index is 1080. The normalized spacial score (nSPS) is 34.1. The van der Waals surface area contributed by atoms with Gasteiger partial charge in [0.25, 0.3) is 0 Å². The smallest absolute Gasteiger partial charge is 0.250 e. The van der Waals surface area contributed by atoms with Crippen molar-refractivity contribution in [1.29, 1.82) is 0 Å². The highest BCUT2D eigenvalue weighted by Crippen LogP contribution is 2.69. The second kappa shape index (κ2) is 9.92. The van der Waals surface area contributed by atoms with Gasteiger partial charge in [-0.15, -0.1) is 0 Å². The molecule has 0 aromatic carbocycles. The molecule has 3 bridgehead atoms.